The minimum atomic E-state index is -3.81. The Morgan fingerprint density at radius 1 is 0.906 bits per heavy atom. The predicted octanol–water partition coefficient (Wildman–Crippen LogP) is 3.83. The zero-order valence-corrected chi connectivity index (χ0v) is 18.6. The summed E-state index contributed by atoms with van der Waals surface area (Å²) in [5, 5.41) is 2.82. The van der Waals surface area contributed by atoms with Crippen LogP contribution in [0.15, 0.2) is 83.8 Å². The lowest BCUT2D eigenvalue weighted by atomic mass is 10.0. The lowest BCUT2D eigenvalue weighted by molar-refractivity contribution is -0.141. The Kier molecular flexibility index (Phi) is 7.27. The number of nitrogens with one attached hydrogen (secondary N) is 2. The van der Waals surface area contributed by atoms with Crippen molar-refractivity contribution in [3.05, 3.63) is 95.6 Å². The van der Waals surface area contributed by atoms with Gasteiger partial charge in [0.15, 0.2) is 0 Å². The maximum atomic E-state index is 12.8. The maximum Gasteiger partial charge on any atom is 0.307 e. The van der Waals surface area contributed by atoms with Crippen LogP contribution in [-0.2, 0) is 19.6 Å². The van der Waals surface area contributed by atoms with E-state index in [1.807, 2.05) is 37.3 Å². The van der Waals surface area contributed by atoms with Gasteiger partial charge in [0.05, 0.1) is 30.2 Å². The number of methoxy groups -OCH3 is 1. The van der Waals surface area contributed by atoms with Gasteiger partial charge in [0, 0.05) is 5.56 Å². The number of sulfonamides is 1. The van der Waals surface area contributed by atoms with E-state index in [0.29, 0.717) is 5.69 Å². The molecule has 0 aromatic heterocycles. The lowest BCUT2D eigenvalue weighted by Crippen LogP contribution is -2.30. The van der Waals surface area contributed by atoms with E-state index in [4.69, 9.17) is 4.74 Å². The summed E-state index contributed by atoms with van der Waals surface area (Å²) in [5.74, 6) is -0.888. The Morgan fingerprint density at radius 3 is 2.16 bits per heavy atom. The number of anilines is 1. The highest BCUT2D eigenvalue weighted by Gasteiger charge is 2.21. The first-order chi connectivity index (χ1) is 15.3. The maximum absolute atomic E-state index is 12.8. The highest BCUT2D eigenvalue weighted by Crippen LogP contribution is 2.21. The van der Waals surface area contributed by atoms with E-state index in [-0.39, 0.29) is 16.9 Å². The average molecular weight is 453 g/mol. The Labute approximate surface area is 187 Å². The molecule has 3 rings (SSSR count). The van der Waals surface area contributed by atoms with Crippen LogP contribution < -0.4 is 10.0 Å². The molecular formula is C24H24N2O5S. The van der Waals surface area contributed by atoms with E-state index in [1.165, 1.54) is 31.4 Å². The van der Waals surface area contributed by atoms with Gasteiger partial charge in [-0.2, -0.15) is 0 Å². The fourth-order valence-corrected chi connectivity index (χ4v) is 4.24. The number of aryl methyl sites for hydroxylation is 1. The van der Waals surface area contributed by atoms with Crippen molar-refractivity contribution in [1.82, 2.24) is 5.32 Å². The van der Waals surface area contributed by atoms with Crippen LogP contribution in [0.1, 0.15) is 33.9 Å². The van der Waals surface area contributed by atoms with Gasteiger partial charge < -0.3 is 10.1 Å². The molecule has 0 aliphatic carbocycles. The molecule has 2 N–H and O–H groups in total. The SMILES string of the molecule is COC(=O)CC(NC(=O)c1ccc(S(=O)(=O)Nc2ccccc2C)cc1)c1ccccc1. The first-order valence-corrected chi connectivity index (χ1v) is 11.4. The molecule has 0 spiro atoms. The summed E-state index contributed by atoms with van der Waals surface area (Å²) in [6.45, 7) is 1.81. The van der Waals surface area contributed by atoms with Crippen LogP contribution in [0, 0.1) is 6.92 Å². The minimum Gasteiger partial charge on any atom is -0.469 e. The van der Waals surface area contributed by atoms with Gasteiger partial charge in [0.25, 0.3) is 15.9 Å². The molecule has 3 aromatic rings. The summed E-state index contributed by atoms with van der Waals surface area (Å²) in [6.07, 6.45) is -0.0287. The summed E-state index contributed by atoms with van der Waals surface area (Å²) < 4.78 is 32.7. The molecule has 0 heterocycles. The smallest absolute Gasteiger partial charge is 0.307 e. The molecule has 0 bridgehead atoms. The second kappa shape index (κ2) is 10.1. The Balaban J connectivity index is 1.76. The van der Waals surface area contributed by atoms with Gasteiger partial charge in [-0.15, -0.1) is 0 Å². The molecule has 0 saturated heterocycles. The first kappa shape index (κ1) is 23.0. The van der Waals surface area contributed by atoms with Crippen molar-refractivity contribution >= 4 is 27.6 Å². The molecule has 0 saturated carbocycles. The molecule has 0 fully saturated rings. The molecule has 1 unspecified atom stereocenters. The summed E-state index contributed by atoms with van der Waals surface area (Å²) >= 11 is 0. The van der Waals surface area contributed by atoms with Crippen molar-refractivity contribution < 1.29 is 22.7 Å². The van der Waals surface area contributed by atoms with Crippen LogP contribution in [-0.4, -0.2) is 27.4 Å². The molecule has 0 radical (unpaired) electrons. The van der Waals surface area contributed by atoms with E-state index in [1.54, 1.807) is 24.3 Å². The number of para-hydroxylation sites is 1. The number of carbonyl (C=O) groups is 2. The third-order valence-electron chi connectivity index (χ3n) is 4.92. The van der Waals surface area contributed by atoms with Crippen molar-refractivity contribution in [3.8, 4) is 0 Å². The molecule has 166 valence electrons. The minimum absolute atomic E-state index is 0.0287. The molecule has 32 heavy (non-hydrogen) atoms. The fraction of sp³-hybridized carbons (Fsp3) is 0.167. The van der Waals surface area contributed by atoms with E-state index >= 15 is 0 Å². The predicted molar refractivity (Wildman–Crippen MR) is 122 cm³/mol. The Bertz CT molecular complexity index is 1190. The number of hydrogen-bond acceptors (Lipinski definition) is 5. The van der Waals surface area contributed by atoms with Gasteiger partial charge in [-0.3, -0.25) is 14.3 Å². The van der Waals surface area contributed by atoms with Crippen LogP contribution in [0.25, 0.3) is 0 Å². The topological polar surface area (TPSA) is 102 Å². The number of ether oxygens (including phenoxy) is 1. The number of carbonyl (C=O) groups excluding carboxylic acids is 2. The number of rotatable bonds is 8. The van der Waals surface area contributed by atoms with Crippen molar-refractivity contribution in [2.45, 2.75) is 24.3 Å². The third kappa shape index (κ3) is 5.73. The third-order valence-corrected chi connectivity index (χ3v) is 6.30. The van der Waals surface area contributed by atoms with Crippen molar-refractivity contribution in [2.24, 2.45) is 0 Å². The van der Waals surface area contributed by atoms with E-state index in [0.717, 1.165) is 11.1 Å². The lowest BCUT2D eigenvalue weighted by Gasteiger charge is -2.18. The summed E-state index contributed by atoms with van der Waals surface area (Å²) in [4.78, 5) is 24.6. The summed E-state index contributed by atoms with van der Waals surface area (Å²) in [6, 6.07) is 21.2. The van der Waals surface area contributed by atoms with Crippen molar-refractivity contribution in [1.29, 1.82) is 0 Å². The van der Waals surface area contributed by atoms with Crippen LogP contribution in [0.4, 0.5) is 5.69 Å². The van der Waals surface area contributed by atoms with Crippen LogP contribution >= 0.6 is 0 Å². The van der Waals surface area contributed by atoms with Gasteiger partial charge in [0.1, 0.15) is 0 Å². The van der Waals surface area contributed by atoms with Gasteiger partial charge in [-0.1, -0.05) is 48.5 Å². The van der Waals surface area contributed by atoms with Crippen molar-refractivity contribution in [2.75, 3.05) is 11.8 Å². The molecule has 7 nitrogen and oxygen atoms in total. The number of amides is 1. The van der Waals surface area contributed by atoms with Gasteiger partial charge >= 0.3 is 5.97 Å². The number of hydrogen-bond donors (Lipinski definition) is 2. The first-order valence-electron chi connectivity index (χ1n) is 9.91. The largest absolute Gasteiger partial charge is 0.469 e. The second-order valence-corrected chi connectivity index (χ2v) is 8.84. The molecule has 0 aliphatic heterocycles. The summed E-state index contributed by atoms with van der Waals surface area (Å²) in [7, 11) is -2.52. The fourth-order valence-electron chi connectivity index (χ4n) is 3.11. The quantitative estimate of drug-likeness (QED) is 0.506. The zero-order valence-electron chi connectivity index (χ0n) is 17.7. The molecule has 1 amide bonds. The molecule has 0 aliphatic rings. The monoisotopic (exact) mass is 452 g/mol. The van der Waals surface area contributed by atoms with Crippen LogP contribution in [0.5, 0.6) is 0 Å². The average Bonchev–Trinajstić information content (AvgIpc) is 2.80. The highest BCUT2D eigenvalue weighted by atomic mass is 32.2. The van der Waals surface area contributed by atoms with E-state index in [9.17, 15) is 18.0 Å². The summed E-state index contributed by atoms with van der Waals surface area (Å²) in [5.41, 5.74) is 2.31. The van der Waals surface area contributed by atoms with Crippen LogP contribution in [0.3, 0.4) is 0 Å². The van der Waals surface area contributed by atoms with Gasteiger partial charge in [-0.05, 0) is 48.4 Å². The molecular weight excluding hydrogens is 428 g/mol. The molecule has 1 atom stereocenters. The van der Waals surface area contributed by atoms with E-state index in [2.05, 4.69) is 10.0 Å². The van der Waals surface area contributed by atoms with Gasteiger partial charge in [0.2, 0.25) is 0 Å². The normalized spacial score (nSPS) is 11.9. The van der Waals surface area contributed by atoms with Crippen molar-refractivity contribution in [3.63, 3.8) is 0 Å². The van der Waals surface area contributed by atoms with Crippen LogP contribution in [0.2, 0.25) is 0 Å². The molecule has 3 aromatic carbocycles. The highest BCUT2D eigenvalue weighted by molar-refractivity contribution is 7.92. The number of benzene rings is 3. The van der Waals surface area contributed by atoms with Gasteiger partial charge in [-0.25, -0.2) is 8.42 Å². The second-order valence-electron chi connectivity index (χ2n) is 7.16. The Hall–Kier alpha value is -3.65. The molecule has 8 heteroatoms. The zero-order chi connectivity index (χ0) is 23.1. The number of esters is 1. The Morgan fingerprint density at radius 2 is 1.53 bits per heavy atom. The standard InChI is InChI=1S/C24H24N2O5S/c1-17-8-6-7-11-21(17)26-32(29,30)20-14-12-19(13-15-20)24(28)25-22(16-23(27)31-2)18-9-4-3-5-10-18/h3-15,22,26H,16H2,1-2H3,(H,25,28). The van der Waals surface area contributed by atoms with E-state index < -0.39 is 27.9 Å².